The third-order valence-electron chi connectivity index (χ3n) is 6.37. The van der Waals surface area contributed by atoms with Crippen molar-refractivity contribution in [2.75, 3.05) is 0 Å². The zero-order chi connectivity index (χ0) is 22.4. The molecule has 0 N–H and O–H groups in total. The van der Waals surface area contributed by atoms with Crippen molar-refractivity contribution in [2.24, 2.45) is 7.05 Å². The maximum absolute atomic E-state index is 6.48. The molecule has 0 atom stereocenters. The standard InChI is InChI=1S/C28H33N2O/c1-16(2)21-10-9-11-22(17(3)4)26(21)27-29-24-12-13-25(30(8)28(24)31-27)23-15-18(5)14-19(6)20(23)7/h9-17H,1-8H3/q+1. The molecule has 3 nitrogen and oxygen atoms in total. The van der Waals surface area contributed by atoms with E-state index in [2.05, 4.69) is 103 Å². The average molecular weight is 414 g/mol. The van der Waals surface area contributed by atoms with Crippen molar-refractivity contribution in [3.05, 3.63) is 70.3 Å². The predicted octanol–water partition coefficient (Wildman–Crippen LogP) is 7.16. The highest BCUT2D eigenvalue weighted by molar-refractivity contribution is 5.76. The Kier molecular flexibility index (Phi) is 5.47. The molecule has 0 bridgehead atoms. The summed E-state index contributed by atoms with van der Waals surface area (Å²) in [6, 6.07) is 15.3. The van der Waals surface area contributed by atoms with Gasteiger partial charge in [0.25, 0.3) is 0 Å². The van der Waals surface area contributed by atoms with Crippen LogP contribution >= 0.6 is 0 Å². The van der Waals surface area contributed by atoms with Gasteiger partial charge in [-0.1, -0.05) is 57.5 Å². The molecule has 0 aliphatic rings. The smallest absolute Gasteiger partial charge is 0.384 e. The lowest BCUT2D eigenvalue weighted by Gasteiger charge is -2.16. The predicted molar refractivity (Wildman–Crippen MR) is 128 cm³/mol. The fraction of sp³-hybridized carbons (Fsp3) is 0.357. The quantitative estimate of drug-likeness (QED) is 0.332. The average Bonchev–Trinajstić information content (AvgIpc) is 3.15. The zero-order valence-corrected chi connectivity index (χ0v) is 20.0. The first-order valence-corrected chi connectivity index (χ1v) is 11.2. The van der Waals surface area contributed by atoms with Crippen LogP contribution in [0.4, 0.5) is 0 Å². The van der Waals surface area contributed by atoms with Gasteiger partial charge in [0.05, 0.1) is 0 Å². The monoisotopic (exact) mass is 413 g/mol. The molecule has 0 amide bonds. The number of pyridine rings is 1. The SMILES string of the molecule is Cc1cc(C)c(C)c(-c2ccc3nc(-c4c(C(C)C)cccc4C(C)C)oc3[n+]2C)c1. The molecular formula is C28H33N2O+. The summed E-state index contributed by atoms with van der Waals surface area (Å²) in [4.78, 5) is 4.93. The molecule has 2 heterocycles. The molecule has 0 saturated carbocycles. The Balaban J connectivity index is 1.96. The summed E-state index contributed by atoms with van der Waals surface area (Å²) in [6.45, 7) is 15.4. The summed E-state index contributed by atoms with van der Waals surface area (Å²) in [5.74, 6) is 1.50. The number of hydrogen-bond acceptors (Lipinski definition) is 2. The van der Waals surface area contributed by atoms with E-state index in [1.807, 2.05) is 0 Å². The van der Waals surface area contributed by atoms with Crippen LogP contribution in [0.3, 0.4) is 0 Å². The topological polar surface area (TPSA) is 29.9 Å². The second-order valence-corrected chi connectivity index (χ2v) is 9.36. The fourth-order valence-corrected chi connectivity index (χ4v) is 4.53. The highest BCUT2D eigenvalue weighted by Crippen LogP contribution is 2.37. The Hall–Kier alpha value is -2.94. The van der Waals surface area contributed by atoms with E-state index >= 15 is 0 Å². The molecule has 0 aliphatic heterocycles. The number of hydrogen-bond donors (Lipinski definition) is 0. The molecule has 3 heteroatoms. The van der Waals surface area contributed by atoms with Gasteiger partial charge in [0.2, 0.25) is 11.6 Å². The Morgan fingerprint density at radius 3 is 2.13 bits per heavy atom. The van der Waals surface area contributed by atoms with Crippen LogP contribution in [0.15, 0.2) is 46.9 Å². The molecule has 0 saturated heterocycles. The molecule has 0 fully saturated rings. The normalized spacial score (nSPS) is 11.8. The number of benzene rings is 2. The molecule has 31 heavy (non-hydrogen) atoms. The van der Waals surface area contributed by atoms with Gasteiger partial charge in [-0.05, 0) is 67.0 Å². The van der Waals surface area contributed by atoms with Crippen LogP contribution in [0, 0.1) is 20.8 Å². The van der Waals surface area contributed by atoms with Gasteiger partial charge in [-0.2, -0.15) is 4.57 Å². The van der Waals surface area contributed by atoms with Crippen LogP contribution in [0.1, 0.15) is 67.3 Å². The van der Waals surface area contributed by atoms with Crippen LogP contribution in [-0.4, -0.2) is 4.98 Å². The van der Waals surface area contributed by atoms with E-state index in [4.69, 9.17) is 9.40 Å². The van der Waals surface area contributed by atoms with Crippen molar-refractivity contribution in [3.63, 3.8) is 0 Å². The molecule has 4 aromatic rings. The lowest BCUT2D eigenvalue weighted by molar-refractivity contribution is -0.640. The number of nitrogens with zero attached hydrogens (tertiary/aromatic N) is 2. The highest BCUT2D eigenvalue weighted by atomic mass is 16.4. The third kappa shape index (κ3) is 3.67. The van der Waals surface area contributed by atoms with Gasteiger partial charge in [0.15, 0.2) is 5.52 Å². The first-order valence-electron chi connectivity index (χ1n) is 11.2. The molecule has 2 aromatic heterocycles. The lowest BCUT2D eigenvalue weighted by Crippen LogP contribution is -2.31. The molecular weight excluding hydrogens is 380 g/mol. The van der Waals surface area contributed by atoms with Crippen LogP contribution in [0.5, 0.6) is 0 Å². The zero-order valence-electron chi connectivity index (χ0n) is 20.0. The van der Waals surface area contributed by atoms with Gasteiger partial charge >= 0.3 is 5.71 Å². The largest absolute Gasteiger partial charge is 0.401 e. The third-order valence-corrected chi connectivity index (χ3v) is 6.37. The van der Waals surface area contributed by atoms with E-state index in [-0.39, 0.29) is 0 Å². The lowest BCUT2D eigenvalue weighted by atomic mass is 9.88. The van der Waals surface area contributed by atoms with E-state index < -0.39 is 0 Å². The minimum absolute atomic E-state index is 0.394. The summed E-state index contributed by atoms with van der Waals surface area (Å²) < 4.78 is 8.62. The number of fused-ring (bicyclic) bond motifs is 1. The second kappa shape index (κ2) is 7.96. The number of rotatable bonds is 4. The number of oxazole rings is 1. The van der Waals surface area contributed by atoms with Crippen molar-refractivity contribution in [3.8, 4) is 22.7 Å². The van der Waals surface area contributed by atoms with E-state index in [0.717, 1.165) is 22.5 Å². The Bertz CT molecular complexity index is 1250. The van der Waals surface area contributed by atoms with Gasteiger partial charge in [-0.3, -0.25) is 0 Å². The van der Waals surface area contributed by atoms with Gasteiger partial charge in [-0.15, -0.1) is 0 Å². The first-order chi connectivity index (χ1) is 14.7. The minimum atomic E-state index is 0.394. The van der Waals surface area contributed by atoms with Gasteiger partial charge in [0.1, 0.15) is 7.05 Å². The molecule has 4 rings (SSSR count). The van der Waals surface area contributed by atoms with Crippen LogP contribution in [0.2, 0.25) is 0 Å². The van der Waals surface area contributed by atoms with Crippen molar-refractivity contribution in [2.45, 2.75) is 60.3 Å². The Morgan fingerprint density at radius 1 is 0.871 bits per heavy atom. The first kappa shape index (κ1) is 21.3. The summed E-state index contributed by atoms with van der Waals surface area (Å²) >= 11 is 0. The number of aromatic nitrogens is 2. The van der Waals surface area contributed by atoms with Crippen molar-refractivity contribution in [1.29, 1.82) is 0 Å². The summed E-state index contributed by atoms with van der Waals surface area (Å²) in [7, 11) is 2.07. The minimum Gasteiger partial charge on any atom is -0.384 e. The summed E-state index contributed by atoms with van der Waals surface area (Å²) in [6.07, 6.45) is 0. The van der Waals surface area contributed by atoms with E-state index in [1.165, 1.54) is 33.4 Å². The van der Waals surface area contributed by atoms with Crippen LogP contribution in [0.25, 0.3) is 33.9 Å². The molecule has 0 spiro atoms. The van der Waals surface area contributed by atoms with Crippen molar-refractivity contribution >= 4 is 11.2 Å². The Morgan fingerprint density at radius 2 is 1.52 bits per heavy atom. The van der Waals surface area contributed by atoms with Crippen LogP contribution in [-0.2, 0) is 7.05 Å². The van der Waals surface area contributed by atoms with E-state index in [9.17, 15) is 0 Å². The maximum atomic E-state index is 6.48. The second-order valence-electron chi connectivity index (χ2n) is 9.36. The van der Waals surface area contributed by atoms with Crippen molar-refractivity contribution < 1.29 is 8.98 Å². The molecule has 2 aromatic carbocycles. The molecule has 0 aliphatic carbocycles. The van der Waals surface area contributed by atoms with Crippen molar-refractivity contribution in [1.82, 2.24) is 4.98 Å². The Labute approximate surface area is 185 Å². The molecule has 0 radical (unpaired) electrons. The molecule has 160 valence electrons. The molecule has 0 unspecified atom stereocenters. The summed E-state index contributed by atoms with van der Waals surface area (Å²) in [5, 5.41) is 0. The fourth-order valence-electron chi connectivity index (χ4n) is 4.53. The summed E-state index contributed by atoms with van der Waals surface area (Å²) in [5.41, 5.74) is 11.7. The van der Waals surface area contributed by atoms with Gasteiger partial charge in [-0.25, -0.2) is 4.98 Å². The number of aryl methyl sites for hydroxylation is 3. The van der Waals surface area contributed by atoms with E-state index in [0.29, 0.717) is 17.7 Å². The maximum Gasteiger partial charge on any atom is 0.401 e. The van der Waals surface area contributed by atoms with Gasteiger partial charge < -0.3 is 4.42 Å². The van der Waals surface area contributed by atoms with Gasteiger partial charge in [0, 0.05) is 17.2 Å². The van der Waals surface area contributed by atoms with Crippen LogP contribution < -0.4 is 4.57 Å². The highest BCUT2D eigenvalue weighted by Gasteiger charge is 2.25. The van der Waals surface area contributed by atoms with E-state index in [1.54, 1.807) is 0 Å².